The molecule has 0 saturated heterocycles. The van der Waals surface area contributed by atoms with Gasteiger partial charge in [-0.2, -0.15) is 4.72 Å². The number of amides is 1. The van der Waals surface area contributed by atoms with Crippen molar-refractivity contribution in [1.82, 2.24) is 4.72 Å². The van der Waals surface area contributed by atoms with Crippen LogP contribution in [-0.4, -0.2) is 27.0 Å². The Hall–Kier alpha value is -2.87. The van der Waals surface area contributed by atoms with Gasteiger partial charge in [0.25, 0.3) is 0 Å². The van der Waals surface area contributed by atoms with Gasteiger partial charge in [0.05, 0.1) is 16.5 Å². The summed E-state index contributed by atoms with van der Waals surface area (Å²) in [5.41, 5.74) is 2.45. The summed E-state index contributed by atoms with van der Waals surface area (Å²) >= 11 is 6.19. The van der Waals surface area contributed by atoms with Crippen LogP contribution >= 0.6 is 11.6 Å². The van der Waals surface area contributed by atoms with Crippen molar-refractivity contribution >= 4 is 33.2 Å². The van der Waals surface area contributed by atoms with E-state index in [4.69, 9.17) is 16.3 Å². The van der Waals surface area contributed by atoms with Crippen LogP contribution < -0.4 is 14.8 Å². The molecule has 33 heavy (non-hydrogen) atoms. The van der Waals surface area contributed by atoms with Crippen LogP contribution in [0, 0.1) is 0 Å². The van der Waals surface area contributed by atoms with Crippen molar-refractivity contribution in [3.8, 4) is 5.75 Å². The minimum absolute atomic E-state index is 0.0456. The molecule has 3 aromatic rings. The van der Waals surface area contributed by atoms with E-state index in [9.17, 15) is 13.2 Å². The van der Waals surface area contributed by atoms with Gasteiger partial charge < -0.3 is 10.1 Å². The fraction of sp³-hybridized carbons (Fsp3) is 0.240. The van der Waals surface area contributed by atoms with Crippen molar-refractivity contribution in [2.45, 2.75) is 37.6 Å². The van der Waals surface area contributed by atoms with Crippen molar-refractivity contribution in [3.05, 3.63) is 88.9 Å². The average molecular weight is 487 g/mol. The molecule has 6 nitrogen and oxygen atoms in total. The van der Waals surface area contributed by atoms with Crippen molar-refractivity contribution in [3.63, 3.8) is 0 Å². The number of ether oxygens (including phenoxy) is 1. The number of halogens is 1. The van der Waals surface area contributed by atoms with Crippen LogP contribution in [-0.2, 0) is 27.7 Å². The number of aryl methyl sites for hydroxylation is 1. The number of sulfonamides is 1. The van der Waals surface area contributed by atoms with E-state index in [-0.39, 0.29) is 16.3 Å². The van der Waals surface area contributed by atoms with Gasteiger partial charge in [0.15, 0.2) is 0 Å². The van der Waals surface area contributed by atoms with E-state index >= 15 is 0 Å². The highest BCUT2D eigenvalue weighted by Crippen LogP contribution is 2.27. The van der Waals surface area contributed by atoms with Crippen LogP contribution in [0.3, 0.4) is 0 Å². The van der Waals surface area contributed by atoms with Crippen molar-refractivity contribution in [2.75, 3.05) is 11.9 Å². The first-order chi connectivity index (χ1) is 15.8. The number of anilines is 1. The summed E-state index contributed by atoms with van der Waals surface area (Å²) in [4.78, 5) is 13.2. The number of para-hydroxylation sites is 1. The van der Waals surface area contributed by atoms with E-state index in [0.29, 0.717) is 18.0 Å². The number of rotatable bonds is 10. The number of carbonyl (C=O) groups excluding carboxylic acids is 1. The third-order valence-corrected chi connectivity index (χ3v) is 6.83. The molecule has 8 heteroatoms. The van der Waals surface area contributed by atoms with Gasteiger partial charge in [-0.1, -0.05) is 67.1 Å². The van der Waals surface area contributed by atoms with Crippen molar-refractivity contribution in [2.24, 2.45) is 0 Å². The first-order valence-corrected chi connectivity index (χ1v) is 12.6. The molecule has 0 heterocycles. The number of hydrogen-bond donors (Lipinski definition) is 2. The minimum Gasteiger partial charge on any atom is -0.492 e. The summed E-state index contributed by atoms with van der Waals surface area (Å²) in [6.07, 6.45) is 0.918. The Kier molecular flexibility index (Phi) is 8.49. The first kappa shape index (κ1) is 24.8. The Morgan fingerprint density at radius 2 is 1.70 bits per heavy atom. The minimum atomic E-state index is -4.04. The molecule has 0 aliphatic rings. The Labute approximate surface area is 200 Å². The molecule has 0 unspecified atom stereocenters. The lowest BCUT2D eigenvalue weighted by atomic mass is 10.1. The molecule has 0 fully saturated rings. The average Bonchev–Trinajstić information content (AvgIpc) is 2.81. The third kappa shape index (κ3) is 6.57. The van der Waals surface area contributed by atoms with E-state index in [1.54, 1.807) is 6.07 Å². The normalized spacial score (nSPS) is 12.2. The summed E-state index contributed by atoms with van der Waals surface area (Å²) in [6, 6.07) is 19.9. The molecule has 0 aliphatic heterocycles. The van der Waals surface area contributed by atoms with E-state index in [1.165, 1.54) is 18.2 Å². The smallest absolute Gasteiger partial charge is 0.242 e. The Morgan fingerprint density at radius 3 is 2.36 bits per heavy atom. The summed E-state index contributed by atoms with van der Waals surface area (Å²) in [5.74, 6) is -0.0479. The third-order valence-electron chi connectivity index (χ3n) is 5.07. The van der Waals surface area contributed by atoms with Gasteiger partial charge in [-0.3, -0.25) is 4.79 Å². The molecule has 1 amide bonds. The van der Waals surface area contributed by atoms with Crippen molar-refractivity contribution < 1.29 is 17.9 Å². The molecule has 174 valence electrons. The van der Waals surface area contributed by atoms with Crippen LogP contribution in [0.5, 0.6) is 5.75 Å². The molecule has 3 aromatic carbocycles. The maximum absolute atomic E-state index is 13.2. The van der Waals surface area contributed by atoms with Gasteiger partial charge in [0.2, 0.25) is 15.9 Å². The molecule has 1 atom stereocenters. The quantitative estimate of drug-likeness (QED) is 0.430. The summed E-state index contributed by atoms with van der Waals surface area (Å²) in [6.45, 7) is 4.21. The van der Waals surface area contributed by atoms with E-state index < -0.39 is 22.0 Å². The van der Waals surface area contributed by atoms with Gasteiger partial charge in [0.1, 0.15) is 11.8 Å². The fourth-order valence-electron chi connectivity index (χ4n) is 3.38. The number of benzene rings is 3. The van der Waals surface area contributed by atoms with E-state index in [0.717, 1.165) is 17.5 Å². The summed E-state index contributed by atoms with van der Waals surface area (Å²) in [7, 11) is -4.04. The Bertz CT molecular complexity index is 1200. The predicted octanol–water partition coefficient (Wildman–Crippen LogP) is 4.83. The summed E-state index contributed by atoms with van der Waals surface area (Å²) < 4.78 is 34.2. The molecule has 0 saturated carbocycles. The topological polar surface area (TPSA) is 84.5 Å². The lowest BCUT2D eigenvalue weighted by molar-refractivity contribution is -0.117. The standard InChI is InChI=1S/C25H27ClN2O4S/c1-3-19-12-8-9-13-22(19)27-25(29)23(16-18-10-6-5-7-11-18)28-33(30,31)20-14-15-24(32-4-2)21(26)17-20/h5-15,17,23,28H,3-4,16H2,1-2H3,(H,27,29)/t23-/m0/s1. The summed E-state index contributed by atoms with van der Waals surface area (Å²) in [5, 5.41) is 3.06. The zero-order chi connectivity index (χ0) is 23.8. The molecule has 0 radical (unpaired) electrons. The number of nitrogens with one attached hydrogen (secondary N) is 2. The fourth-order valence-corrected chi connectivity index (χ4v) is 4.91. The molecular weight excluding hydrogens is 460 g/mol. The zero-order valence-corrected chi connectivity index (χ0v) is 20.1. The highest BCUT2D eigenvalue weighted by atomic mass is 35.5. The second-order valence-corrected chi connectivity index (χ2v) is 9.51. The lowest BCUT2D eigenvalue weighted by Crippen LogP contribution is -2.45. The highest BCUT2D eigenvalue weighted by Gasteiger charge is 2.27. The van der Waals surface area contributed by atoms with Crippen LogP contribution in [0.2, 0.25) is 5.02 Å². The maximum atomic E-state index is 13.2. The largest absolute Gasteiger partial charge is 0.492 e. The van der Waals surface area contributed by atoms with Gasteiger partial charge in [-0.05, 0) is 55.2 Å². The van der Waals surface area contributed by atoms with Gasteiger partial charge in [-0.25, -0.2) is 8.42 Å². The molecule has 0 spiro atoms. The molecule has 3 rings (SSSR count). The molecule has 0 aliphatic carbocycles. The Morgan fingerprint density at radius 1 is 1.00 bits per heavy atom. The number of carbonyl (C=O) groups is 1. The van der Waals surface area contributed by atoms with Crippen LogP contribution in [0.4, 0.5) is 5.69 Å². The SMILES string of the molecule is CCOc1ccc(S(=O)(=O)N[C@@H](Cc2ccccc2)C(=O)Nc2ccccc2CC)cc1Cl. The molecule has 0 aromatic heterocycles. The van der Waals surface area contributed by atoms with Crippen LogP contribution in [0.15, 0.2) is 77.7 Å². The molecular formula is C25H27ClN2O4S. The Balaban J connectivity index is 1.89. The first-order valence-electron chi connectivity index (χ1n) is 10.7. The number of hydrogen-bond acceptors (Lipinski definition) is 4. The lowest BCUT2D eigenvalue weighted by Gasteiger charge is -2.20. The molecule has 2 N–H and O–H groups in total. The molecule has 0 bridgehead atoms. The second-order valence-electron chi connectivity index (χ2n) is 7.39. The predicted molar refractivity (Wildman–Crippen MR) is 131 cm³/mol. The van der Waals surface area contributed by atoms with E-state index in [2.05, 4.69) is 10.0 Å². The van der Waals surface area contributed by atoms with Crippen molar-refractivity contribution in [1.29, 1.82) is 0 Å². The zero-order valence-electron chi connectivity index (χ0n) is 18.5. The van der Waals surface area contributed by atoms with Crippen LogP contribution in [0.25, 0.3) is 0 Å². The van der Waals surface area contributed by atoms with Crippen LogP contribution in [0.1, 0.15) is 25.0 Å². The highest BCUT2D eigenvalue weighted by molar-refractivity contribution is 7.89. The maximum Gasteiger partial charge on any atom is 0.242 e. The van der Waals surface area contributed by atoms with E-state index in [1.807, 2.05) is 62.4 Å². The second kappa shape index (κ2) is 11.3. The monoisotopic (exact) mass is 486 g/mol. The van der Waals surface area contributed by atoms with Gasteiger partial charge >= 0.3 is 0 Å². The van der Waals surface area contributed by atoms with Gasteiger partial charge in [0, 0.05) is 5.69 Å². The van der Waals surface area contributed by atoms with Gasteiger partial charge in [-0.15, -0.1) is 0 Å².